The highest BCUT2D eigenvalue weighted by molar-refractivity contribution is 6.01. The van der Waals surface area contributed by atoms with Crippen LogP contribution in [0.2, 0.25) is 0 Å². The summed E-state index contributed by atoms with van der Waals surface area (Å²) >= 11 is 0. The SMILES string of the molecule is CN1C(=O)COc2ccc(C(=O)N[C@@H]3CCCC(c4nc5cc(C(F)(F)F)ccc5[nH]4)C3)cc21. The Bertz CT molecular complexity index is 1270. The molecule has 1 unspecified atom stereocenters. The van der Waals surface area contributed by atoms with Crippen LogP contribution in [0.15, 0.2) is 36.4 Å². The number of amides is 2. The highest BCUT2D eigenvalue weighted by atomic mass is 19.4. The van der Waals surface area contributed by atoms with E-state index in [1.165, 1.54) is 11.0 Å². The lowest BCUT2D eigenvalue weighted by Crippen LogP contribution is -2.39. The number of hydrogen-bond donors (Lipinski definition) is 2. The molecule has 1 aliphatic heterocycles. The number of nitrogens with zero attached hydrogens (tertiary/aromatic N) is 2. The molecule has 0 bridgehead atoms. The summed E-state index contributed by atoms with van der Waals surface area (Å²) in [6.07, 6.45) is -1.30. The number of likely N-dealkylation sites (N-methyl/N-ethyl adjacent to an activating group) is 1. The number of H-pyrrole nitrogens is 1. The lowest BCUT2D eigenvalue weighted by atomic mass is 9.85. The lowest BCUT2D eigenvalue weighted by molar-refractivity contribution is -0.137. The van der Waals surface area contributed by atoms with Gasteiger partial charge in [-0.15, -0.1) is 0 Å². The first-order chi connectivity index (χ1) is 16.2. The lowest BCUT2D eigenvalue weighted by Gasteiger charge is -2.29. The van der Waals surface area contributed by atoms with Crippen LogP contribution in [0.25, 0.3) is 11.0 Å². The Morgan fingerprint density at radius 3 is 2.82 bits per heavy atom. The Hall–Kier alpha value is -3.56. The quantitative estimate of drug-likeness (QED) is 0.592. The Labute approximate surface area is 193 Å². The van der Waals surface area contributed by atoms with E-state index in [1.54, 1.807) is 25.2 Å². The van der Waals surface area contributed by atoms with Gasteiger partial charge in [0.1, 0.15) is 11.6 Å². The van der Waals surface area contributed by atoms with Crippen molar-refractivity contribution in [1.29, 1.82) is 0 Å². The number of imidazole rings is 1. The number of hydrogen-bond acceptors (Lipinski definition) is 4. The van der Waals surface area contributed by atoms with E-state index >= 15 is 0 Å². The first-order valence-electron chi connectivity index (χ1n) is 11.1. The van der Waals surface area contributed by atoms with Crippen LogP contribution in [0.5, 0.6) is 5.75 Å². The van der Waals surface area contributed by atoms with Gasteiger partial charge in [0.05, 0.1) is 22.3 Å². The molecule has 5 rings (SSSR count). The first-order valence-corrected chi connectivity index (χ1v) is 11.1. The number of alkyl halides is 3. The first kappa shape index (κ1) is 22.2. The van der Waals surface area contributed by atoms with Crippen LogP contribution in [0.1, 0.15) is 53.3 Å². The van der Waals surface area contributed by atoms with E-state index in [4.69, 9.17) is 4.74 Å². The predicted octanol–water partition coefficient (Wildman–Crippen LogP) is 4.39. The van der Waals surface area contributed by atoms with Gasteiger partial charge in [-0.25, -0.2) is 4.98 Å². The van der Waals surface area contributed by atoms with Gasteiger partial charge in [-0.2, -0.15) is 13.2 Å². The van der Waals surface area contributed by atoms with Crippen molar-refractivity contribution in [3.63, 3.8) is 0 Å². The van der Waals surface area contributed by atoms with Crippen molar-refractivity contribution in [2.45, 2.75) is 43.8 Å². The third-order valence-corrected chi connectivity index (χ3v) is 6.53. The van der Waals surface area contributed by atoms with Crippen molar-refractivity contribution in [3.05, 3.63) is 53.3 Å². The van der Waals surface area contributed by atoms with Gasteiger partial charge in [0.2, 0.25) is 0 Å². The molecule has 1 saturated carbocycles. The van der Waals surface area contributed by atoms with E-state index < -0.39 is 11.7 Å². The normalized spacial score (nSPS) is 20.7. The van der Waals surface area contributed by atoms with Crippen LogP contribution in [-0.2, 0) is 11.0 Å². The smallest absolute Gasteiger partial charge is 0.416 e. The number of nitrogens with one attached hydrogen (secondary N) is 2. The monoisotopic (exact) mass is 472 g/mol. The van der Waals surface area contributed by atoms with Crippen LogP contribution in [0, 0.1) is 0 Å². The summed E-state index contributed by atoms with van der Waals surface area (Å²) in [6, 6.07) is 8.38. The maximum absolute atomic E-state index is 13.0. The number of anilines is 1. The van der Waals surface area contributed by atoms with Crippen molar-refractivity contribution in [2.24, 2.45) is 0 Å². The maximum Gasteiger partial charge on any atom is 0.416 e. The van der Waals surface area contributed by atoms with E-state index in [0.717, 1.165) is 31.4 Å². The number of benzene rings is 2. The average Bonchev–Trinajstić information content (AvgIpc) is 3.24. The van der Waals surface area contributed by atoms with E-state index in [2.05, 4.69) is 15.3 Å². The van der Waals surface area contributed by atoms with Gasteiger partial charge in [0.25, 0.3) is 11.8 Å². The van der Waals surface area contributed by atoms with Crippen LogP contribution in [-0.4, -0.2) is 41.5 Å². The van der Waals surface area contributed by atoms with Gasteiger partial charge in [-0.3, -0.25) is 9.59 Å². The summed E-state index contributed by atoms with van der Waals surface area (Å²) in [7, 11) is 1.64. The third-order valence-electron chi connectivity index (χ3n) is 6.53. The molecule has 7 nitrogen and oxygen atoms in total. The number of halogens is 3. The molecule has 2 aliphatic rings. The summed E-state index contributed by atoms with van der Waals surface area (Å²) in [4.78, 5) is 33.9. The highest BCUT2D eigenvalue weighted by Crippen LogP contribution is 2.35. The van der Waals surface area contributed by atoms with Crippen molar-refractivity contribution < 1.29 is 27.5 Å². The molecule has 2 aromatic carbocycles. The summed E-state index contributed by atoms with van der Waals surface area (Å²) in [5.41, 5.74) is 1.09. The molecule has 0 spiro atoms. The Balaban J connectivity index is 1.29. The zero-order chi connectivity index (χ0) is 24.0. The second-order valence-corrected chi connectivity index (χ2v) is 8.81. The van der Waals surface area contributed by atoms with Gasteiger partial charge < -0.3 is 19.9 Å². The van der Waals surface area contributed by atoms with Crippen molar-refractivity contribution in [3.8, 4) is 5.75 Å². The molecule has 178 valence electrons. The number of ether oxygens (including phenoxy) is 1. The van der Waals surface area contributed by atoms with Crippen LogP contribution >= 0.6 is 0 Å². The topological polar surface area (TPSA) is 87.3 Å². The van der Waals surface area contributed by atoms with E-state index in [1.807, 2.05) is 0 Å². The molecule has 2 heterocycles. The van der Waals surface area contributed by atoms with Gasteiger partial charge in [-0.05, 0) is 55.7 Å². The van der Waals surface area contributed by atoms with Crippen molar-refractivity contribution >= 4 is 28.5 Å². The fourth-order valence-corrected chi connectivity index (χ4v) is 4.65. The van der Waals surface area contributed by atoms with Crippen LogP contribution < -0.4 is 15.0 Å². The molecule has 3 aromatic rings. The zero-order valence-corrected chi connectivity index (χ0v) is 18.4. The molecule has 0 saturated heterocycles. The summed E-state index contributed by atoms with van der Waals surface area (Å²) < 4.78 is 44.5. The minimum Gasteiger partial charge on any atom is -0.482 e. The molecular formula is C24H23F3N4O3. The fraction of sp³-hybridized carbons (Fsp3) is 0.375. The van der Waals surface area contributed by atoms with Gasteiger partial charge in [-0.1, -0.05) is 6.42 Å². The number of aromatic nitrogens is 2. The van der Waals surface area contributed by atoms with E-state index in [-0.39, 0.29) is 35.9 Å². The second-order valence-electron chi connectivity index (χ2n) is 8.81. The number of aromatic amines is 1. The maximum atomic E-state index is 13.0. The van der Waals surface area contributed by atoms with Crippen molar-refractivity contribution in [1.82, 2.24) is 15.3 Å². The summed E-state index contributed by atoms with van der Waals surface area (Å²) in [6.45, 7) is -0.0299. The fourth-order valence-electron chi connectivity index (χ4n) is 4.65. The zero-order valence-electron chi connectivity index (χ0n) is 18.4. The molecule has 1 fully saturated rings. The average molecular weight is 472 g/mol. The molecule has 2 atom stereocenters. The molecule has 10 heteroatoms. The molecule has 1 aliphatic carbocycles. The molecule has 2 N–H and O–H groups in total. The van der Waals surface area contributed by atoms with E-state index in [9.17, 15) is 22.8 Å². The Morgan fingerprint density at radius 2 is 2.03 bits per heavy atom. The highest BCUT2D eigenvalue weighted by Gasteiger charge is 2.32. The number of carbonyl (C=O) groups excluding carboxylic acids is 2. The molecule has 2 amide bonds. The van der Waals surface area contributed by atoms with Gasteiger partial charge in [0, 0.05) is 24.6 Å². The standard InChI is InChI=1S/C24H23F3N4O3/c1-31-19-10-14(5-8-20(19)34-12-21(31)32)23(33)28-16-4-2-3-13(9-16)22-29-17-7-6-15(24(25,26)27)11-18(17)30-22/h5-8,10-11,13,16H,2-4,9,12H2,1H3,(H,28,33)(H,29,30)/t13?,16-/m1/s1. The van der Waals surface area contributed by atoms with E-state index in [0.29, 0.717) is 34.8 Å². The van der Waals surface area contributed by atoms with Crippen LogP contribution in [0.4, 0.5) is 18.9 Å². The molecule has 0 radical (unpaired) electrons. The third kappa shape index (κ3) is 4.20. The second kappa shape index (κ2) is 8.34. The molecule has 1 aromatic heterocycles. The number of fused-ring (bicyclic) bond motifs is 2. The molecule has 34 heavy (non-hydrogen) atoms. The summed E-state index contributed by atoms with van der Waals surface area (Å²) in [5, 5.41) is 3.06. The van der Waals surface area contributed by atoms with Gasteiger partial charge in [0.15, 0.2) is 6.61 Å². The Morgan fingerprint density at radius 1 is 1.21 bits per heavy atom. The number of carbonyl (C=O) groups is 2. The largest absolute Gasteiger partial charge is 0.482 e. The van der Waals surface area contributed by atoms with Crippen LogP contribution in [0.3, 0.4) is 0 Å². The Kier molecular flexibility index (Phi) is 5.45. The molecular weight excluding hydrogens is 449 g/mol. The number of rotatable bonds is 3. The minimum absolute atomic E-state index is 0.00137. The van der Waals surface area contributed by atoms with Crippen molar-refractivity contribution in [2.75, 3.05) is 18.6 Å². The predicted molar refractivity (Wildman–Crippen MR) is 119 cm³/mol. The minimum atomic E-state index is -4.42. The summed E-state index contributed by atoms with van der Waals surface area (Å²) in [5.74, 6) is 0.753. The van der Waals surface area contributed by atoms with Gasteiger partial charge >= 0.3 is 6.18 Å².